The van der Waals surface area contributed by atoms with E-state index >= 15 is 0 Å². The maximum atomic E-state index is 12.5. The van der Waals surface area contributed by atoms with Crippen molar-refractivity contribution in [1.82, 2.24) is 0 Å². The Balaban J connectivity index is 2.29. The third-order valence-electron chi connectivity index (χ3n) is 2.82. The summed E-state index contributed by atoms with van der Waals surface area (Å²) in [6.45, 7) is 0. The van der Waals surface area contributed by atoms with Crippen LogP contribution in [0.3, 0.4) is 0 Å². The van der Waals surface area contributed by atoms with Crippen LogP contribution in [0.2, 0.25) is 0 Å². The van der Waals surface area contributed by atoms with Crippen molar-refractivity contribution in [2.45, 2.75) is 11.1 Å². The van der Waals surface area contributed by atoms with Crippen molar-refractivity contribution in [3.05, 3.63) is 54.1 Å². The molecule has 0 radical (unpaired) electrons. The highest BCUT2D eigenvalue weighted by molar-refractivity contribution is 7.92. The van der Waals surface area contributed by atoms with Crippen molar-refractivity contribution in [1.29, 1.82) is 0 Å². The van der Waals surface area contributed by atoms with Crippen LogP contribution in [-0.4, -0.2) is 15.5 Å². The lowest BCUT2D eigenvalue weighted by Gasteiger charge is -2.12. The second kappa shape index (κ2) is 5.88. The number of methoxy groups -OCH3 is 1. The first kappa shape index (κ1) is 16.2. The number of benzene rings is 2. The van der Waals surface area contributed by atoms with Gasteiger partial charge in [0, 0.05) is 5.69 Å². The Hall–Kier alpha value is -2.22. The van der Waals surface area contributed by atoms with E-state index in [1.165, 1.54) is 25.3 Å². The van der Waals surface area contributed by atoms with Crippen LogP contribution in [0.25, 0.3) is 0 Å². The summed E-state index contributed by atoms with van der Waals surface area (Å²) in [5.74, 6) is 0.141. The van der Waals surface area contributed by atoms with Gasteiger partial charge in [0.15, 0.2) is 0 Å². The average molecular weight is 331 g/mol. The topological polar surface area (TPSA) is 55.4 Å². The third kappa shape index (κ3) is 3.51. The largest absolute Gasteiger partial charge is 0.495 e. The number of halogens is 3. The molecule has 0 aliphatic carbocycles. The summed E-state index contributed by atoms with van der Waals surface area (Å²) in [6.07, 6.45) is -4.47. The maximum Gasteiger partial charge on any atom is 0.416 e. The van der Waals surface area contributed by atoms with Crippen LogP contribution >= 0.6 is 0 Å². The van der Waals surface area contributed by atoms with Gasteiger partial charge in [0.2, 0.25) is 0 Å². The predicted octanol–water partition coefficient (Wildman–Crippen LogP) is 3.51. The molecule has 8 heteroatoms. The van der Waals surface area contributed by atoms with E-state index in [9.17, 15) is 21.6 Å². The van der Waals surface area contributed by atoms with Gasteiger partial charge in [0.05, 0.1) is 12.7 Å². The molecule has 0 amide bonds. The molecule has 0 aromatic heterocycles. The quantitative estimate of drug-likeness (QED) is 0.933. The number of sulfonamides is 1. The van der Waals surface area contributed by atoms with Gasteiger partial charge in [-0.05, 0) is 36.4 Å². The number of ether oxygens (including phenoxy) is 1. The number of para-hydroxylation sites is 1. The van der Waals surface area contributed by atoms with Crippen LogP contribution in [0.5, 0.6) is 5.75 Å². The summed E-state index contributed by atoms with van der Waals surface area (Å²) in [5, 5.41) is 0. The van der Waals surface area contributed by atoms with Crippen molar-refractivity contribution >= 4 is 15.7 Å². The van der Waals surface area contributed by atoms with Crippen molar-refractivity contribution in [3.8, 4) is 5.75 Å². The highest BCUT2D eigenvalue weighted by atomic mass is 32.2. The Kier molecular flexibility index (Phi) is 4.32. The number of alkyl halides is 3. The Labute approximate surface area is 125 Å². The van der Waals surface area contributed by atoms with Crippen LogP contribution in [0.1, 0.15) is 5.56 Å². The molecule has 4 nitrogen and oxygen atoms in total. The minimum atomic E-state index is -4.47. The number of nitrogens with one attached hydrogen (secondary N) is 1. The summed E-state index contributed by atoms with van der Waals surface area (Å²) in [7, 11) is -2.63. The lowest BCUT2D eigenvalue weighted by molar-refractivity contribution is -0.137. The molecule has 22 heavy (non-hydrogen) atoms. The van der Waals surface area contributed by atoms with Gasteiger partial charge in [-0.15, -0.1) is 0 Å². The van der Waals surface area contributed by atoms with Gasteiger partial charge >= 0.3 is 6.18 Å². The monoisotopic (exact) mass is 331 g/mol. The summed E-state index contributed by atoms with van der Waals surface area (Å²) in [6, 6.07) is 9.65. The fourth-order valence-corrected chi connectivity index (χ4v) is 3.01. The van der Waals surface area contributed by atoms with E-state index in [1.807, 2.05) is 0 Å². The summed E-state index contributed by atoms with van der Waals surface area (Å²) >= 11 is 0. The first-order valence-corrected chi connectivity index (χ1v) is 7.55. The van der Waals surface area contributed by atoms with E-state index in [0.29, 0.717) is 0 Å². The molecule has 0 aliphatic heterocycles. The van der Waals surface area contributed by atoms with E-state index in [-0.39, 0.29) is 16.3 Å². The Bertz CT molecular complexity index is 756. The molecule has 0 heterocycles. The Morgan fingerprint density at radius 3 is 2.14 bits per heavy atom. The normalized spacial score (nSPS) is 12.0. The molecule has 2 aromatic rings. The van der Waals surface area contributed by atoms with Crippen molar-refractivity contribution in [3.63, 3.8) is 0 Å². The molecular formula is C14H12F3NO3S. The number of rotatable bonds is 4. The van der Waals surface area contributed by atoms with E-state index in [1.54, 1.807) is 6.07 Å². The number of anilines is 1. The minimum Gasteiger partial charge on any atom is -0.495 e. The summed E-state index contributed by atoms with van der Waals surface area (Å²) < 4.78 is 69.1. The fourth-order valence-electron chi connectivity index (χ4n) is 1.78. The molecule has 0 atom stereocenters. The van der Waals surface area contributed by atoms with E-state index < -0.39 is 21.8 Å². The van der Waals surface area contributed by atoms with E-state index in [4.69, 9.17) is 4.74 Å². The van der Waals surface area contributed by atoms with Gasteiger partial charge in [-0.1, -0.05) is 12.1 Å². The molecule has 0 aliphatic rings. The molecule has 118 valence electrons. The van der Waals surface area contributed by atoms with Crippen molar-refractivity contribution in [2.75, 3.05) is 11.8 Å². The zero-order valence-electron chi connectivity index (χ0n) is 11.4. The standard InChI is InChI=1S/C14H12F3NO3S/c1-21-12-4-2-3-5-13(12)22(19,20)18-11-8-6-10(7-9-11)14(15,16)17/h2-9,18H,1H3. The van der Waals surface area contributed by atoms with Crippen LogP contribution in [-0.2, 0) is 16.2 Å². The van der Waals surface area contributed by atoms with Crippen molar-refractivity contribution < 1.29 is 26.3 Å². The van der Waals surface area contributed by atoms with Gasteiger partial charge in [-0.25, -0.2) is 8.42 Å². The SMILES string of the molecule is COc1ccccc1S(=O)(=O)Nc1ccc(C(F)(F)F)cc1. The van der Waals surface area contributed by atoms with Gasteiger partial charge in [0.25, 0.3) is 10.0 Å². The predicted molar refractivity (Wildman–Crippen MR) is 75.2 cm³/mol. The molecular weight excluding hydrogens is 319 g/mol. The summed E-state index contributed by atoms with van der Waals surface area (Å²) in [5.41, 5.74) is -0.827. The molecule has 2 aromatic carbocycles. The van der Waals surface area contributed by atoms with Gasteiger partial charge in [-0.3, -0.25) is 4.72 Å². The van der Waals surface area contributed by atoms with Crippen LogP contribution in [0.4, 0.5) is 18.9 Å². The lowest BCUT2D eigenvalue weighted by Crippen LogP contribution is -2.14. The fraction of sp³-hybridized carbons (Fsp3) is 0.143. The zero-order valence-corrected chi connectivity index (χ0v) is 12.2. The smallest absolute Gasteiger partial charge is 0.416 e. The molecule has 0 saturated heterocycles. The molecule has 2 rings (SSSR count). The van der Waals surface area contributed by atoms with E-state index in [2.05, 4.69) is 4.72 Å². The first-order valence-electron chi connectivity index (χ1n) is 6.07. The van der Waals surface area contributed by atoms with Crippen molar-refractivity contribution in [2.24, 2.45) is 0 Å². The number of hydrogen-bond acceptors (Lipinski definition) is 3. The average Bonchev–Trinajstić information content (AvgIpc) is 2.46. The first-order chi connectivity index (χ1) is 10.2. The minimum absolute atomic E-state index is 0.0268. The molecule has 0 fully saturated rings. The van der Waals surface area contributed by atoms with Crippen LogP contribution < -0.4 is 9.46 Å². The highest BCUT2D eigenvalue weighted by Crippen LogP contribution is 2.31. The van der Waals surface area contributed by atoms with Crippen LogP contribution in [0.15, 0.2) is 53.4 Å². The Morgan fingerprint density at radius 2 is 1.59 bits per heavy atom. The van der Waals surface area contributed by atoms with Gasteiger partial charge < -0.3 is 4.74 Å². The zero-order chi connectivity index (χ0) is 16.4. The summed E-state index contributed by atoms with van der Waals surface area (Å²) in [4.78, 5) is -0.0996. The third-order valence-corrected chi connectivity index (χ3v) is 4.24. The van der Waals surface area contributed by atoms with Gasteiger partial charge in [0.1, 0.15) is 10.6 Å². The molecule has 1 N–H and O–H groups in total. The number of hydrogen-bond donors (Lipinski definition) is 1. The highest BCUT2D eigenvalue weighted by Gasteiger charge is 2.30. The molecule has 0 bridgehead atoms. The maximum absolute atomic E-state index is 12.5. The van der Waals surface area contributed by atoms with E-state index in [0.717, 1.165) is 24.3 Å². The molecule has 0 unspecified atom stereocenters. The lowest BCUT2D eigenvalue weighted by atomic mass is 10.2. The Morgan fingerprint density at radius 1 is 1.00 bits per heavy atom. The van der Waals surface area contributed by atoms with Crippen LogP contribution in [0, 0.1) is 0 Å². The van der Waals surface area contributed by atoms with Gasteiger partial charge in [-0.2, -0.15) is 13.2 Å². The second-order valence-electron chi connectivity index (χ2n) is 4.33. The molecule has 0 saturated carbocycles. The second-order valence-corrected chi connectivity index (χ2v) is 5.98. The molecule has 0 spiro atoms.